The molecule has 0 fully saturated rings. The first-order valence-corrected chi connectivity index (χ1v) is 20.7. The average Bonchev–Trinajstić information content (AvgIpc) is 3.58. The number of hydrogen-bond acceptors (Lipinski definition) is 3. The zero-order valence-corrected chi connectivity index (χ0v) is 31.0. The van der Waals surface area contributed by atoms with Gasteiger partial charge in [-0.05, 0) is 54.1 Å². The van der Waals surface area contributed by atoms with Gasteiger partial charge in [-0.3, -0.25) is 0 Å². The van der Waals surface area contributed by atoms with Crippen LogP contribution < -0.4 is 20.7 Å². The SMILES string of the molecule is c1ccc(-c2ccc(-c3nc(-c4ccccc4)nc(-c4ccc(-c5ccc6c(c5)[Si](c5ccccc5)(c5ccccc5)c5ccccc5-6)cc4)n3)cc2)cc1. The number of hydrogen-bond donors (Lipinski definition) is 0. The van der Waals surface area contributed by atoms with E-state index in [9.17, 15) is 0 Å². The highest BCUT2D eigenvalue weighted by molar-refractivity contribution is 7.22. The molecule has 0 atom stereocenters. The lowest BCUT2D eigenvalue weighted by Crippen LogP contribution is -2.72. The Kier molecular flexibility index (Phi) is 8.16. The molecule has 8 aromatic carbocycles. The first kappa shape index (κ1) is 32.6. The van der Waals surface area contributed by atoms with Gasteiger partial charge in [0.1, 0.15) is 0 Å². The first-order chi connectivity index (χ1) is 27.3. The summed E-state index contributed by atoms with van der Waals surface area (Å²) in [5.74, 6) is 1.94. The molecule has 4 heteroatoms. The summed E-state index contributed by atoms with van der Waals surface area (Å²) in [5, 5.41) is 5.67. The van der Waals surface area contributed by atoms with Gasteiger partial charge in [0.2, 0.25) is 0 Å². The molecular weight excluding hydrogens is 683 g/mol. The summed E-state index contributed by atoms with van der Waals surface area (Å²) in [6.45, 7) is 0. The molecule has 0 saturated heterocycles. The van der Waals surface area contributed by atoms with Crippen molar-refractivity contribution in [3.63, 3.8) is 0 Å². The maximum absolute atomic E-state index is 5.04. The summed E-state index contributed by atoms with van der Waals surface area (Å²) in [6, 6.07) is 76.1. The Bertz CT molecular complexity index is 2730. The number of aromatic nitrogens is 3. The standard InChI is InChI=1S/C51H35N3Si/c1-5-15-36(16-6-1)37-25-29-40(30-26-37)50-52-49(39-17-7-2-8-18-39)53-51(54-50)41-31-27-38(28-32-41)42-33-34-46-45-23-13-14-24-47(45)55(48(46)35-42,43-19-9-3-10-20-43)44-21-11-4-12-22-44/h1-35H. The van der Waals surface area contributed by atoms with E-state index in [1.807, 2.05) is 36.4 Å². The van der Waals surface area contributed by atoms with Gasteiger partial charge in [0.15, 0.2) is 25.5 Å². The Morgan fingerprint density at radius 1 is 0.255 bits per heavy atom. The van der Waals surface area contributed by atoms with E-state index in [0.29, 0.717) is 17.5 Å². The summed E-state index contributed by atoms with van der Waals surface area (Å²) >= 11 is 0. The van der Waals surface area contributed by atoms with Gasteiger partial charge >= 0.3 is 0 Å². The van der Waals surface area contributed by atoms with Crippen molar-refractivity contribution < 1.29 is 0 Å². The van der Waals surface area contributed by atoms with Gasteiger partial charge in [-0.25, -0.2) is 15.0 Å². The molecule has 1 aliphatic heterocycles. The molecular formula is C51H35N3Si. The van der Waals surface area contributed by atoms with Gasteiger partial charge < -0.3 is 0 Å². The van der Waals surface area contributed by atoms with Gasteiger partial charge in [-0.2, -0.15) is 0 Å². The number of rotatable bonds is 7. The third kappa shape index (κ3) is 5.72. The highest BCUT2D eigenvalue weighted by Gasteiger charge is 2.48. The highest BCUT2D eigenvalue weighted by atomic mass is 28.3. The number of nitrogens with zero attached hydrogens (tertiary/aromatic N) is 3. The highest BCUT2D eigenvalue weighted by Crippen LogP contribution is 2.33. The number of fused-ring (bicyclic) bond motifs is 3. The van der Waals surface area contributed by atoms with E-state index in [0.717, 1.165) is 27.8 Å². The fourth-order valence-electron chi connectivity index (χ4n) is 8.23. The normalized spacial score (nSPS) is 12.5. The second kappa shape index (κ2) is 13.8. The second-order valence-electron chi connectivity index (χ2n) is 14.0. The van der Waals surface area contributed by atoms with E-state index in [2.05, 4.69) is 176 Å². The van der Waals surface area contributed by atoms with Crippen molar-refractivity contribution in [3.8, 4) is 67.5 Å². The summed E-state index contributed by atoms with van der Waals surface area (Å²) in [4.78, 5) is 15.0. The van der Waals surface area contributed by atoms with Crippen LogP contribution in [0.15, 0.2) is 212 Å². The van der Waals surface area contributed by atoms with Crippen molar-refractivity contribution in [3.05, 3.63) is 212 Å². The molecule has 3 nitrogen and oxygen atoms in total. The summed E-state index contributed by atoms with van der Waals surface area (Å²) in [6.07, 6.45) is 0. The molecule has 0 bridgehead atoms. The van der Waals surface area contributed by atoms with E-state index in [1.165, 1.54) is 43.0 Å². The van der Waals surface area contributed by atoms with Crippen LogP contribution in [-0.2, 0) is 0 Å². The molecule has 10 rings (SSSR count). The third-order valence-electron chi connectivity index (χ3n) is 10.9. The summed E-state index contributed by atoms with van der Waals surface area (Å²) < 4.78 is 0. The van der Waals surface area contributed by atoms with Gasteiger partial charge in [-0.1, -0.05) is 212 Å². The van der Waals surface area contributed by atoms with Crippen LogP contribution in [0.2, 0.25) is 0 Å². The molecule has 9 aromatic rings. The van der Waals surface area contributed by atoms with Crippen molar-refractivity contribution in [1.29, 1.82) is 0 Å². The van der Waals surface area contributed by atoms with Gasteiger partial charge in [0.25, 0.3) is 0 Å². The molecule has 1 aromatic heterocycles. The monoisotopic (exact) mass is 717 g/mol. The molecule has 0 radical (unpaired) electrons. The third-order valence-corrected chi connectivity index (χ3v) is 15.7. The van der Waals surface area contributed by atoms with Crippen LogP contribution in [0, 0.1) is 0 Å². The van der Waals surface area contributed by atoms with Crippen LogP contribution in [0.5, 0.6) is 0 Å². The second-order valence-corrected chi connectivity index (χ2v) is 17.7. The molecule has 0 unspecified atom stereocenters. The molecule has 0 saturated carbocycles. The Morgan fingerprint density at radius 3 is 1.13 bits per heavy atom. The Hall–Kier alpha value is -7.01. The molecule has 55 heavy (non-hydrogen) atoms. The smallest absolute Gasteiger partial charge is 0.180 e. The first-order valence-electron chi connectivity index (χ1n) is 18.7. The maximum atomic E-state index is 5.04. The molecule has 0 N–H and O–H groups in total. The molecule has 2 heterocycles. The van der Waals surface area contributed by atoms with Crippen LogP contribution in [0.3, 0.4) is 0 Å². The van der Waals surface area contributed by atoms with Crippen LogP contribution in [0.4, 0.5) is 0 Å². The van der Waals surface area contributed by atoms with E-state index < -0.39 is 8.07 Å². The lowest BCUT2D eigenvalue weighted by atomic mass is 9.99. The van der Waals surface area contributed by atoms with Crippen LogP contribution in [0.1, 0.15) is 0 Å². The fraction of sp³-hybridized carbons (Fsp3) is 0. The van der Waals surface area contributed by atoms with Crippen molar-refractivity contribution in [2.45, 2.75) is 0 Å². The number of benzene rings is 8. The average molecular weight is 718 g/mol. The Labute approximate surface area is 322 Å². The molecule has 0 spiro atoms. The minimum atomic E-state index is -2.58. The Morgan fingerprint density at radius 2 is 0.600 bits per heavy atom. The predicted molar refractivity (Wildman–Crippen MR) is 230 cm³/mol. The molecule has 0 amide bonds. The maximum Gasteiger partial charge on any atom is 0.180 e. The minimum absolute atomic E-state index is 0.645. The topological polar surface area (TPSA) is 38.7 Å². The Balaban J connectivity index is 1.06. The van der Waals surface area contributed by atoms with Gasteiger partial charge in [0, 0.05) is 16.7 Å². The zero-order valence-electron chi connectivity index (χ0n) is 30.0. The lowest BCUT2D eigenvalue weighted by molar-refractivity contribution is 1.07. The van der Waals surface area contributed by atoms with Gasteiger partial charge in [-0.15, -0.1) is 0 Å². The van der Waals surface area contributed by atoms with E-state index >= 15 is 0 Å². The zero-order chi connectivity index (χ0) is 36.6. The van der Waals surface area contributed by atoms with Crippen molar-refractivity contribution in [2.75, 3.05) is 0 Å². The van der Waals surface area contributed by atoms with Crippen molar-refractivity contribution in [2.24, 2.45) is 0 Å². The van der Waals surface area contributed by atoms with Crippen molar-refractivity contribution >= 4 is 28.8 Å². The molecule has 258 valence electrons. The summed E-state index contributed by atoms with van der Waals surface area (Å²) in [5.41, 5.74) is 10.2. The van der Waals surface area contributed by atoms with Crippen LogP contribution in [0.25, 0.3) is 67.5 Å². The van der Waals surface area contributed by atoms with Gasteiger partial charge in [0.05, 0.1) is 0 Å². The predicted octanol–water partition coefficient (Wildman–Crippen LogP) is 9.56. The van der Waals surface area contributed by atoms with E-state index in [4.69, 9.17) is 15.0 Å². The molecule has 1 aliphatic rings. The molecule has 0 aliphatic carbocycles. The quantitative estimate of drug-likeness (QED) is 0.154. The van der Waals surface area contributed by atoms with E-state index in [-0.39, 0.29) is 0 Å². The van der Waals surface area contributed by atoms with Crippen LogP contribution in [-0.4, -0.2) is 23.0 Å². The lowest BCUT2D eigenvalue weighted by Gasteiger charge is -2.31. The van der Waals surface area contributed by atoms with E-state index in [1.54, 1.807) is 0 Å². The summed E-state index contributed by atoms with van der Waals surface area (Å²) in [7, 11) is -2.58. The fourth-order valence-corrected chi connectivity index (χ4v) is 13.4. The van der Waals surface area contributed by atoms with Crippen LogP contribution >= 0.6 is 0 Å². The minimum Gasteiger partial charge on any atom is -0.208 e. The largest absolute Gasteiger partial charge is 0.208 e. The van der Waals surface area contributed by atoms with Crippen molar-refractivity contribution in [1.82, 2.24) is 15.0 Å².